The van der Waals surface area contributed by atoms with Gasteiger partial charge in [-0.25, -0.2) is 0 Å². The lowest BCUT2D eigenvalue weighted by Crippen LogP contribution is -2.56. The average molecular weight is 327 g/mol. The molecule has 23 heavy (non-hydrogen) atoms. The Labute approximate surface area is 133 Å². The Hall–Kier alpha value is -1.72. The van der Waals surface area contributed by atoms with Crippen LogP contribution in [0.15, 0.2) is 18.2 Å². The van der Waals surface area contributed by atoms with Crippen LogP contribution in [-0.4, -0.2) is 31.5 Å². The third kappa shape index (κ3) is 3.03. The molecular formula is C17H20F3NO2. The van der Waals surface area contributed by atoms with E-state index in [-0.39, 0.29) is 17.1 Å². The van der Waals surface area contributed by atoms with Crippen LogP contribution in [0.3, 0.4) is 0 Å². The molecule has 1 aromatic rings. The van der Waals surface area contributed by atoms with Crippen LogP contribution in [-0.2, 0) is 11.0 Å². The molecule has 0 unspecified atom stereocenters. The van der Waals surface area contributed by atoms with Crippen molar-refractivity contribution in [3.8, 4) is 5.75 Å². The number of hydrogen-bond donors (Lipinski definition) is 0. The largest absolute Gasteiger partial charge is 0.496 e. The van der Waals surface area contributed by atoms with Gasteiger partial charge in [0.25, 0.3) is 0 Å². The van der Waals surface area contributed by atoms with E-state index >= 15 is 0 Å². The summed E-state index contributed by atoms with van der Waals surface area (Å²) in [5.41, 5.74) is 0.431. The van der Waals surface area contributed by atoms with Crippen molar-refractivity contribution in [2.75, 3.05) is 20.2 Å². The number of rotatable bonds is 3. The Balaban J connectivity index is 1.70. The zero-order valence-electron chi connectivity index (χ0n) is 13.0. The first-order valence-corrected chi connectivity index (χ1v) is 7.81. The van der Waals surface area contributed by atoms with E-state index in [1.807, 2.05) is 0 Å². The van der Waals surface area contributed by atoms with Gasteiger partial charge in [0, 0.05) is 18.5 Å². The third-order valence-corrected chi connectivity index (χ3v) is 5.27. The summed E-state index contributed by atoms with van der Waals surface area (Å²) in [6.45, 7) is 1.64. The van der Waals surface area contributed by atoms with Crippen molar-refractivity contribution in [2.45, 2.75) is 37.8 Å². The lowest BCUT2D eigenvalue weighted by molar-refractivity contribution is -0.138. The lowest BCUT2D eigenvalue weighted by atomic mass is 9.65. The minimum atomic E-state index is -4.40. The first kappa shape index (κ1) is 16.1. The van der Waals surface area contributed by atoms with E-state index in [2.05, 4.69) is 0 Å². The molecular weight excluding hydrogens is 307 g/mol. The first-order chi connectivity index (χ1) is 10.9. The molecule has 1 saturated carbocycles. The molecule has 2 aliphatic rings. The summed E-state index contributed by atoms with van der Waals surface area (Å²) in [6, 6.07) is 4.23. The zero-order chi connectivity index (χ0) is 16.7. The highest BCUT2D eigenvalue weighted by Crippen LogP contribution is 2.48. The molecule has 2 fully saturated rings. The van der Waals surface area contributed by atoms with E-state index in [0.29, 0.717) is 0 Å². The number of amides is 1. The molecule has 3 nitrogen and oxygen atoms in total. The van der Waals surface area contributed by atoms with Gasteiger partial charge in [0.05, 0.1) is 12.7 Å². The highest BCUT2D eigenvalue weighted by molar-refractivity contribution is 5.49. The van der Waals surface area contributed by atoms with Crippen LogP contribution in [0.1, 0.15) is 42.7 Å². The second-order valence-electron chi connectivity index (χ2n) is 6.74. The van der Waals surface area contributed by atoms with E-state index in [1.165, 1.54) is 13.2 Å². The Kier molecular flexibility index (Phi) is 4.02. The van der Waals surface area contributed by atoms with E-state index in [0.717, 1.165) is 56.8 Å². The summed E-state index contributed by atoms with van der Waals surface area (Å²) in [4.78, 5) is 12.5. The fourth-order valence-electron chi connectivity index (χ4n) is 3.97. The summed E-state index contributed by atoms with van der Waals surface area (Å²) in [7, 11) is 1.27. The highest BCUT2D eigenvalue weighted by atomic mass is 19.4. The maximum absolute atomic E-state index is 12.9. The van der Waals surface area contributed by atoms with E-state index in [1.54, 1.807) is 11.0 Å². The summed E-state index contributed by atoms with van der Waals surface area (Å²) in [6.07, 6.45) is 0.419. The van der Waals surface area contributed by atoms with Crippen molar-refractivity contribution in [1.82, 2.24) is 4.90 Å². The maximum atomic E-state index is 12.9. The summed E-state index contributed by atoms with van der Waals surface area (Å²) in [5, 5.41) is 0. The fourth-order valence-corrected chi connectivity index (χ4v) is 3.97. The topological polar surface area (TPSA) is 29.5 Å². The molecule has 1 amide bonds. The molecule has 0 N–H and O–H groups in total. The standard InChI is InChI=1S/C17H20F3NO2/c1-23-15-8-13(2-3-14(15)17(18,19)20)12-4-6-16(7-5-12)9-21(10-16)11-22/h2-3,8,11-12H,4-7,9-10H2,1H3. The first-order valence-electron chi connectivity index (χ1n) is 7.81. The highest BCUT2D eigenvalue weighted by Gasteiger charge is 2.45. The number of hydrogen-bond acceptors (Lipinski definition) is 2. The monoisotopic (exact) mass is 327 g/mol. The Morgan fingerprint density at radius 3 is 2.43 bits per heavy atom. The molecule has 6 heteroatoms. The van der Waals surface area contributed by atoms with Gasteiger partial charge < -0.3 is 9.64 Å². The van der Waals surface area contributed by atoms with Crippen LogP contribution in [0, 0.1) is 5.41 Å². The number of carbonyl (C=O) groups excluding carboxylic acids is 1. The van der Waals surface area contributed by atoms with Crippen LogP contribution in [0.5, 0.6) is 5.75 Å². The smallest absolute Gasteiger partial charge is 0.419 e. The predicted molar refractivity (Wildman–Crippen MR) is 79.3 cm³/mol. The van der Waals surface area contributed by atoms with Crippen molar-refractivity contribution in [3.63, 3.8) is 0 Å². The molecule has 1 aliphatic heterocycles. The summed E-state index contributed by atoms with van der Waals surface area (Å²) in [5.74, 6) is 0.160. The second-order valence-corrected chi connectivity index (χ2v) is 6.74. The van der Waals surface area contributed by atoms with Crippen LogP contribution < -0.4 is 4.74 Å². The number of halogens is 3. The quantitative estimate of drug-likeness (QED) is 0.790. The molecule has 0 radical (unpaired) electrons. The second kappa shape index (κ2) is 5.73. The SMILES string of the molecule is COc1cc(C2CCC3(CC2)CN(C=O)C3)ccc1C(F)(F)F. The van der Waals surface area contributed by atoms with E-state index in [4.69, 9.17) is 4.74 Å². The number of methoxy groups -OCH3 is 1. The van der Waals surface area contributed by atoms with Gasteiger partial charge in [-0.1, -0.05) is 6.07 Å². The molecule has 1 heterocycles. The maximum Gasteiger partial charge on any atom is 0.419 e. The van der Waals surface area contributed by atoms with E-state index < -0.39 is 11.7 Å². The van der Waals surface area contributed by atoms with Crippen molar-refractivity contribution < 1.29 is 22.7 Å². The number of ether oxygens (including phenoxy) is 1. The van der Waals surface area contributed by atoms with Gasteiger partial charge in [-0.2, -0.15) is 13.2 Å². The van der Waals surface area contributed by atoms with Gasteiger partial charge in [-0.15, -0.1) is 0 Å². The van der Waals surface area contributed by atoms with Crippen molar-refractivity contribution >= 4 is 6.41 Å². The van der Waals surface area contributed by atoms with Gasteiger partial charge in [-0.3, -0.25) is 4.79 Å². The van der Waals surface area contributed by atoms with E-state index in [9.17, 15) is 18.0 Å². The lowest BCUT2D eigenvalue weighted by Gasteiger charge is -2.52. The molecule has 0 atom stereocenters. The van der Waals surface area contributed by atoms with Gasteiger partial charge in [0.2, 0.25) is 6.41 Å². The van der Waals surface area contributed by atoms with Crippen LogP contribution in [0.25, 0.3) is 0 Å². The number of alkyl halides is 3. The molecule has 1 spiro atoms. The van der Waals surface area contributed by atoms with Crippen molar-refractivity contribution in [2.24, 2.45) is 5.41 Å². The molecule has 1 aliphatic carbocycles. The normalized spacial score (nSPS) is 21.1. The van der Waals surface area contributed by atoms with Crippen LogP contribution in [0.2, 0.25) is 0 Å². The Bertz CT molecular complexity index is 584. The number of carbonyl (C=O) groups is 1. The molecule has 126 valence electrons. The van der Waals surface area contributed by atoms with Crippen LogP contribution >= 0.6 is 0 Å². The molecule has 0 aromatic heterocycles. The average Bonchev–Trinajstić information content (AvgIpc) is 2.51. The zero-order valence-corrected chi connectivity index (χ0v) is 13.0. The predicted octanol–water partition coefficient (Wildman–Crippen LogP) is 3.83. The third-order valence-electron chi connectivity index (χ3n) is 5.27. The number of nitrogens with zero attached hydrogens (tertiary/aromatic N) is 1. The van der Waals surface area contributed by atoms with Gasteiger partial charge >= 0.3 is 6.18 Å². The van der Waals surface area contributed by atoms with Gasteiger partial charge in [0.1, 0.15) is 5.75 Å². The Morgan fingerprint density at radius 1 is 1.26 bits per heavy atom. The van der Waals surface area contributed by atoms with Crippen molar-refractivity contribution in [3.05, 3.63) is 29.3 Å². The van der Waals surface area contributed by atoms with Crippen molar-refractivity contribution in [1.29, 1.82) is 0 Å². The molecule has 1 saturated heterocycles. The Morgan fingerprint density at radius 2 is 1.91 bits per heavy atom. The molecule has 1 aromatic carbocycles. The summed E-state index contributed by atoms with van der Waals surface area (Å²) >= 11 is 0. The minimum Gasteiger partial charge on any atom is -0.496 e. The molecule has 3 rings (SSSR count). The number of benzene rings is 1. The fraction of sp³-hybridized carbons (Fsp3) is 0.588. The summed E-state index contributed by atoms with van der Waals surface area (Å²) < 4.78 is 43.7. The number of likely N-dealkylation sites (tertiary alicyclic amines) is 1. The minimum absolute atomic E-state index is 0.105. The van der Waals surface area contributed by atoms with Gasteiger partial charge in [-0.05, 0) is 49.3 Å². The van der Waals surface area contributed by atoms with Crippen LogP contribution in [0.4, 0.5) is 13.2 Å². The van der Waals surface area contributed by atoms with Gasteiger partial charge in [0.15, 0.2) is 0 Å². The molecule has 0 bridgehead atoms.